The lowest BCUT2D eigenvalue weighted by Gasteiger charge is -2.15. The van der Waals surface area contributed by atoms with Crippen LogP contribution in [0, 0.1) is 19.8 Å². The van der Waals surface area contributed by atoms with Crippen LogP contribution in [0.15, 0.2) is 26.1 Å². The van der Waals surface area contributed by atoms with E-state index in [4.69, 9.17) is 4.42 Å². The number of carbonyl (C=O) groups is 1. The van der Waals surface area contributed by atoms with E-state index in [-0.39, 0.29) is 40.1 Å². The first-order valence-corrected chi connectivity index (χ1v) is 10.8. The summed E-state index contributed by atoms with van der Waals surface area (Å²) >= 11 is 1.16. The summed E-state index contributed by atoms with van der Waals surface area (Å²) in [5.41, 5.74) is -0.830. The molecule has 32 heavy (non-hydrogen) atoms. The van der Waals surface area contributed by atoms with Gasteiger partial charge in [0.05, 0.1) is 12.2 Å². The van der Waals surface area contributed by atoms with Crippen molar-refractivity contribution in [3.8, 4) is 18.6 Å². The second-order valence-corrected chi connectivity index (χ2v) is 7.64. The molecule has 0 saturated carbocycles. The molecular weight excluding hydrogens is 430 g/mol. The minimum absolute atomic E-state index is 0.0694. The molecule has 3 N–H and O–H groups in total. The molecule has 0 fully saturated rings. The van der Waals surface area contributed by atoms with Gasteiger partial charge in [0.1, 0.15) is 27.8 Å². The molecule has 8 nitrogen and oxygen atoms in total. The smallest absolute Gasteiger partial charge is 0.267 e. The van der Waals surface area contributed by atoms with Gasteiger partial charge in [0.25, 0.3) is 16.8 Å². The van der Waals surface area contributed by atoms with Gasteiger partial charge in [-0.15, -0.1) is 24.2 Å². The Kier molecular flexibility index (Phi) is 9.75. The first kappa shape index (κ1) is 26.5. The molecule has 0 aliphatic heterocycles. The lowest BCUT2D eigenvalue weighted by atomic mass is 10.1. The van der Waals surface area contributed by atoms with Gasteiger partial charge in [-0.1, -0.05) is 20.8 Å². The summed E-state index contributed by atoms with van der Waals surface area (Å²) in [5.74, 6) is 0.819. The minimum atomic E-state index is -0.675. The largest absolute Gasteiger partial charge is 0.504 e. The first-order valence-electron chi connectivity index (χ1n) is 10.0. The molecule has 0 spiro atoms. The normalized spacial score (nSPS) is 9.88. The summed E-state index contributed by atoms with van der Waals surface area (Å²) in [6.07, 6.45) is 8.55. The van der Waals surface area contributed by atoms with E-state index in [0.717, 1.165) is 17.1 Å². The highest BCUT2D eigenvalue weighted by Crippen LogP contribution is 2.42. The van der Waals surface area contributed by atoms with Crippen LogP contribution in [-0.4, -0.2) is 30.0 Å². The topological polar surface area (TPSA) is 112 Å². The summed E-state index contributed by atoms with van der Waals surface area (Å²) in [4.78, 5) is 38.5. The average Bonchev–Trinajstić information content (AvgIpc) is 3.37. The Bertz CT molecular complexity index is 1150. The van der Waals surface area contributed by atoms with Crippen LogP contribution in [-0.2, 0) is 13.0 Å². The first-order chi connectivity index (χ1) is 15.2. The van der Waals surface area contributed by atoms with Gasteiger partial charge in [0.15, 0.2) is 5.75 Å². The van der Waals surface area contributed by atoms with E-state index < -0.39 is 10.9 Å². The van der Waals surface area contributed by atoms with Crippen LogP contribution in [0.2, 0.25) is 0 Å². The van der Waals surface area contributed by atoms with E-state index in [9.17, 15) is 19.5 Å². The van der Waals surface area contributed by atoms with Crippen molar-refractivity contribution in [1.29, 1.82) is 0 Å². The van der Waals surface area contributed by atoms with Crippen LogP contribution < -0.4 is 21.5 Å². The van der Waals surface area contributed by atoms with E-state index in [1.54, 1.807) is 26.2 Å². The maximum absolute atomic E-state index is 12.3. The predicted octanol–water partition coefficient (Wildman–Crippen LogP) is 3.85. The number of aromatic hydroxyl groups is 1. The molecule has 172 valence electrons. The lowest BCUT2D eigenvalue weighted by molar-refractivity contribution is 0.0829. The van der Waals surface area contributed by atoms with E-state index in [2.05, 4.69) is 23.5 Å². The van der Waals surface area contributed by atoms with Gasteiger partial charge in [-0.3, -0.25) is 14.4 Å². The fourth-order valence-electron chi connectivity index (χ4n) is 2.75. The van der Waals surface area contributed by atoms with E-state index in [1.165, 1.54) is 4.90 Å². The molecule has 2 heterocycles. The van der Waals surface area contributed by atoms with Crippen molar-refractivity contribution in [2.75, 3.05) is 24.7 Å². The zero-order valence-corrected chi connectivity index (χ0v) is 20.0. The Hall–Kier alpha value is -3.51. The molecule has 1 amide bonds. The van der Waals surface area contributed by atoms with Crippen LogP contribution in [0.3, 0.4) is 0 Å². The Morgan fingerprint density at radius 2 is 1.72 bits per heavy atom. The molecule has 2 aromatic heterocycles. The maximum atomic E-state index is 12.3. The number of carbonyl (C=O) groups excluding carboxylic acids is 1. The van der Waals surface area contributed by atoms with Gasteiger partial charge in [0, 0.05) is 19.0 Å². The van der Waals surface area contributed by atoms with Crippen molar-refractivity contribution in [1.82, 2.24) is 4.90 Å². The number of rotatable bonds is 7. The van der Waals surface area contributed by atoms with Crippen molar-refractivity contribution < 1.29 is 14.3 Å². The molecule has 0 aliphatic rings. The van der Waals surface area contributed by atoms with E-state index in [1.807, 2.05) is 27.7 Å². The van der Waals surface area contributed by atoms with Crippen molar-refractivity contribution in [3.63, 3.8) is 0 Å². The molecule has 9 heteroatoms. The minimum Gasteiger partial charge on any atom is -0.504 e. The molecule has 1 aromatic carbocycles. The third-order valence-electron chi connectivity index (χ3n) is 4.27. The van der Waals surface area contributed by atoms with Crippen molar-refractivity contribution in [3.05, 3.63) is 53.9 Å². The highest BCUT2D eigenvalue weighted by atomic mass is 32.1. The van der Waals surface area contributed by atoms with Gasteiger partial charge in [-0.25, -0.2) is 0 Å². The molecule has 3 rings (SSSR count). The number of hydrogen-bond donors (Lipinski definition) is 3. The third kappa shape index (κ3) is 5.39. The van der Waals surface area contributed by atoms with Crippen LogP contribution in [0.1, 0.15) is 46.8 Å². The van der Waals surface area contributed by atoms with Crippen LogP contribution in [0.4, 0.5) is 17.1 Å². The lowest BCUT2D eigenvalue weighted by Crippen LogP contribution is -2.36. The standard InChI is InChI=1S/C19H21N3O5S.C2H6.C2H2/c1-5-11-12(17(25)18(28-11)19(26)22(3)4)21-14-13(15(23)16(14)24)20-8-10-7-6-9(2)27-10;2*1-2/h6-7,20-21,25H,5,8H2,1-4H3;1-2H3;1-2H. The fourth-order valence-corrected chi connectivity index (χ4v) is 3.86. The second-order valence-electron chi connectivity index (χ2n) is 6.53. The highest BCUT2D eigenvalue weighted by molar-refractivity contribution is 7.15. The maximum Gasteiger partial charge on any atom is 0.267 e. The third-order valence-corrected chi connectivity index (χ3v) is 5.58. The number of nitrogens with zero attached hydrogens (tertiary/aromatic N) is 1. The quantitative estimate of drug-likeness (QED) is 0.363. The number of hydrogen-bond acceptors (Lipinski definition) is 8. The Morgan fingerprint density at radius 1 is 1.12 bits per heavy atom. The average molecular weight is 460 g/mol. The van der Waals surface area contributed by atoms with Gasteiger partial charge in [0.2, 0.25) is 0 Å². The van der Waals surface area contributed by atoms with Crippen LogP contribution in [0.5, 0.6) is 5.75 Å². The molecule has 0 unspecified atom stereocenters. The molecule has 0 radical (unpaired) electrons. The Balaban J connectivity index is 0.00000121. The Morgan fingerprint density at radius 3 is 2.22 bits per heavy atom. The number of thiophene rings is 1. The van der Waals surface area contributed by atoms with Crippen molar-refractivity contribution in [2.24, 2.45) is 0 Å². The number of aryl methyl sites for hydroxylation is 2. The monoisotopic (exact) mass is 459 g/mol. The second kappa shape index (κ2) is 11.8. The van der Waals surface area contributed by atoms with Gasteiger partial charge >= 0.3 is 0 Å². The summed E-state index contributed by atoms with van der Waals surface area (Å²) in [6, 6.07) is 3.58. The van der Waals surface area contributed by atoms with Crippen molar-refractivity contribution >= 4 is 34.3 Å². The van der Waals surface area contributed by atoms with Gasteiger partial charge < -0.3 is 25.1 Å². The highest BCUT2D eigenvalue weighted by Gasteiger charge is 2.27. The van der Waals surface area contributed by atoms with Crippen molar-refractivity contribution in [2.45, 2.75) is 40.7 Å². The number of amides is 1. The summed E-state index contributed by atoms with van der Waals surface area (Å²) in [6.45, 7) is 7.93. The Labute approximate surface area is 191 Å². The fraction of sp³-hybridized carbons (Fsp3) is 0.348. The number of nitrogens with one attached hydrogen (secondary N) is 2. The SMILES string of the molecule is C#C.CC.CCc1sc(C(=O)N(C)C)c(O)c1Nc1c(NCc2ccc(C)o2)c(=O)c1=O. The predicted molar refractivity (Wildman–Crippen MR) is 130 cm³/mol. The summed E-state index contributed by atoms with van der Waals surface area (Å²) < 4.78 is 5.44. The van der Waals surface area contributed by atoms with Crippen LogP contribution >= 0.6 is 11.3 Å². The molecule has 3 aromatic rings. The van der Waals surface area contributed by atoms with Gasteiger partial charge in [-0.05, 0) is 25.5 Å². The van der Waals surface area contributed by atoms with Crippen LogP contribution in [0.25, 0.3) is 0 Å². The molecule has 0 atom stereocenters. The van der Waals surface area contributed by atoms with Gasteiger partial charge in [-0.2, -0.15) is 0 Å². The molecular formula is C23H29N3O5S. The number of terminal acetylenes is 1. The molecule has 0 aliphatic carbocycles. The number of anilines is 3. The molecule has 0 bridgehead atoms. The van der Waals surface area contributed by atoms with E-state index >= 15 is 0 Å². The number of furan rings is 1. The van der Waals surface area contributed by atoms with E-state index in [0.29, 0.717) is 17.1 Å². The summed E-state index contributed by atoms with van der Waals surface area (Å²) in [5, 5.41) is 16.3. The zero-order valence-electron chi connectivity index (χ0n) is 19.2. The molecule has 0 saturated heterocycles. The summed E-state index contributed by atoms with van der Waals surface area (Å²) in [7, 11) is 3.18. The zero-order chi connectivity index (χ0) is 24.6.